The molecule has 4 rings (SSSR count). The highest BCUT2D eigenvalue weighted by Crippen LogP contribution is 2.37. The summed E-state index contributed by atoms with van der Waals surface area (Å²) in [5.41, 5.74) is 1.40. The van der Waals surface area contributed by atoms with E-state index in [2.05, 4.69) is 31.9 Å². The summed E-state index contributed by atoms with van der Waals surface area (Å²) in [5, 5.41) is 8.47. The van der Waals surface area contributed by atoms with E-state index < -0.39 is 29.3 Å². The van der Waals surface area contributed by atoms with Gasteiger partial charge in [0, 0.05) is 46.6 Å². The average Bonchev–Trinajstić information content (AvgIpc) is 2.95. The number of carbonyl (C=O) groups excluding carboxylic acids is 3. The van der Waals surface area contributed by atoms with E-state index >= 15 is 0 Å². The molecule has 0 bridgehead atoms. The molecule has 45 heavy (non-hydrogen) atoms. The predicted molar refractivity (Wildman–Crippen MR) is 175 cm³/mol. The Labute approximate surface area is 278 Å². The molecule has 0 atom stereocenters. The van der Waals surface area contributed by atoms with Crippen LogP contribution < -0.4 is 20.9 Å². The molecule has 3 amide bonds. The highest BCUT2D eigenvalue weighted by Gasteiger charge is 2.41. The Bertz CT molecular complexity index is 1560. The zero-order chi connectivity index (χ0) is 33.1. The van der Waals surface area contributed by atoms with Crippen molar-refractivity contribution in [1.29, 1.82) is 0 Å². The van der Waals surface area contributed by atoms with Gasteiger partial charge in [-0.15, -0.1) is 0 Å². The fourth-order valence-electron chi connectivity index (χ4n) is 4.84. The van der Waals surface area contributed by atoms with Gasteiger partial charge in [-0.05, 0) is 73.0 Å². The van der Waals surface area contributed by atoms with Crippen molar-refractivity contribution in [3.8, 4) is 0 Å². The monoisotopic (exact) mass is 726 g/mol. The standard InChI is InChI=1S/C32H32BrCl2F3N4O3/c1-31(2,3)30(45)39-17-18-14-24(34)27(25(35)15-18)29(44)41-22-8-9-26(42-12-10-19(11-13-42)32(36,37)38)23(16-22)28(43)40-21-6-4-20(33)5-7-21/h4-9,14-16,19H,10-13,17H2,1-3H3,(H,39,45)(H,40,43)(H,41,44). The van der Waals surface area contributed by atoms with Crippen LogP contribution in [0.4, 0.5) is 30.2 Å². The first kappa shape index (κ1) is 34.6. The van der Waals surface area contributed by atoms with E-state index in [0.717, 1.165) is 4.47 Å². The Hall–Kier alpha value is -3.28. The molecule has 3 aromatic carbocycles. The van der Waals surface area contributed by atoms with Crippen LogP contribution in [0.15, 0.2) is 59.1 Å². The number of rotatable bonds is 7. The largest absolute Gasteiger partial charge is 0.391 e. The van der Waals surface area contributed by atoms with Crippen molar-refractivity contribution in [3.63, 3.8) is 0 Å². The van der Waals surface area contributed by atoms with Gasteiger partial charge in [0.15, 0.2) is 0 Å². The summed E-state index contributed by atoms with van der Waals surface area (Å²) in [5.74, 6) is -2.69. The maximum Gasteiger partial charge on any atom is 0.391 e. The van der Waals surface area contributed by atoms with E-state index in [9.17, 15) is 27.6 Å². The Morgan fingerprint density at radius 2 is 1.42 bits per heavy atom. The first-order chi connectivity index (χ1) is 21.0. The molecule has 1 fully saturated rings. The van der Waals surface area contributed by atoms with Crippen molar-refractivity contribution in [1.82, 2.24) is 5.32 Å². The fraction of sp³-hybridized carbons (Fsp3) is 0.344. The van der Waals surface area contributed by atoms with Crippen molar-refractivity contribution >= 4 is 73.9 Å². The highest BCUT2D eigenvalue weighted by atomic mass is 79.9. The van der Waals surface area contributed by atoms with Crippen LogP contribution in [0.3, 0.4) is 0 Å². The highest BCUT2D eigenvalue weighted by molar-refractivity contribution is 9.10. The predicted octanol–water partition coefficient (Wildman–Crippen LogP) is 8.70. The molecule has 3 aromatic rings. The number of nitrogens with one attached hydrogen (secondary N) is 3. The topological polar surface area (TPSA) is 90.5 Å². The minimum atomic E-state index is -4.27. The van der Waals surface area contributed by atoms with E-state index in [0.29, 0.717) is 16.9 Å². The van der Waals surface area contributed by atoms with Crippen LogP contribution >= 0.6 is 39.1 Å². The van der Waals surface area contributed by atoms with Gasteiger partial charge in [0.2, 0.25) is 5.91 Å². The first-order valence-electron chi connectivity index (χ1n) is 14.1. The number of halogens is 6. The second-order valence-electron chi connectivity index (χ2n) is 11.8. The number of anilines is 3. The van der Waals surface area contributed by atoms with Gasteiger partial charge in [-0.3, -0.25) is 14.4 Å². The number of hydrogen-bond acceptors (Lipinski definition) is 4. The molecular weight excluding hydrogens is 696 g/mol. The van der Waals surface area contributed by atoms with E-state index in [1.165, 1.54) is 18.2 Å². The molecule has 0 aromatic heterocycles. The van der Waals surface area contributed by atoms with Gasteiger partial charge in [0.1, 0.15) is 0 Å². The lowest BCUT2D eigenvalue weighted by Gasteiger charge is -2.35. The van der Waals surface area contributed by atoms with Gasteiger partial charge in [-0.25, -0.2) is 0 Å². The summed E-state index contributed by atoms with van der Waals surface area (Å²) < 4.78 is 40.7. The third-order valence-corrected chi connectivity index (χ3v) is 8.49. The second kappa shape index (κ2) is 14.0. The molecular formula is C32H32BrCl2F3N4O3. The zero-order valence-corrected chi connectivity index (χ0v) is 27.8. The lowest BCUT2D eigenvalue weighted by atomic mass is 9.95. The van der Waals surface area contributed by atoms with Crippen molar-refractivity contribution in [2.24, 2.45) is 11.3 Å². The molecule has 0 unspecified atom stereocenters. The van der Waals surface area contributed by atoms with E-state index in [4.69, 9.17) is 23.2 Å². The van der Waals surface area contributed by atoms with Crippen molar-refractivity contribution in [2.45, 2.75) is 46.3 Å². The number of nitrogens with zero attached hydrogens (tertiary/aromatic N) is 1. The first-order valence-corrected chi connectivity index (χ1v) is 15.7. The van der Waals surface area contributed by atoms with Gasteiger partial charge in [-0.1, -0.05) is 59.9 Å². The summed E-state index contributed by atoms with van der Waals surface area (Å²) >= 11 is 16.2. The van der Waals surface area contributed by atoms with Crippen LogP contribution in [0, 0.1) is 11.3 Å². The van der Waals surface area contributed by atoms with Crippen molar-refractivity contribution in [3.05, 3.63) is 85.8 Å². The summed E-state index contributed by atoms with van der Waals surface area (Å²) in [6.07, 6.45) is -4.46. The Morgan fingerprint density at radius 3 is 1.98 bits per heavy atom. The Balaban J connectivity index is 1.57. The number of amides is 3. The molecule has 13 heteroatoms. The van der Waals surface area contributed by atoms with Crippen molar-refractivity contribution in [2.75, 3.05) is 28.6 Å². The van der Waals surface area contributed by atoms with Gasteiger partial charge in [0.25, 0.3) is 11.8 Å². The molecule has 1 aliphatic rings. The van der Waals surface area contributed by atoms with Gasteiger partial charge in [-0.2, -0.15) is 13.2 Å². The van der Waals surface area contributed by atoms with Crippen LogP contribution in [0.25, 0.3) is 0 Å². The lowest BCUT2D eigenvalue weighted by Crippen LogP contribution is -2.39. The molecule has 0 aliphatic carbocycles. The molecule has 0 radical (unpaired) electrons. The number of piperidine rings is 1. The van der Waals surface area contributed by atoms with Crippen molar-refractivity contribution < 1.29 is 27.6 Å². The minimum Gasteiger partial charge on any atom is -0.371 e. The minimum absolute atomic E-state index is 0.00314. The molecule has 0 saturated carbocycles. The molecule has 3 N–H and O–H groups in total. The third-order valence-electron chi connectivity index (χ3n) is 7.36. The summed E-state index contributed by atoms with van der Waals surface area (Å²) in [7, 11) is 0. The number of hydrogen-bond donors (Lipinski definition) is 3. The van der Waals surface area contributed by atoms with Crippen LogP contribution in [-0.4, -0.2) is 37.0 Å². The number of benzene rings is 3. The van der Waals surface area contributed by atoms with E-state index in [1.54, 1.807) is 62.1 Å². The molecule has 1 aliphatic heterocycles. The third kappa shape index (κ3) is 8.92. The summed E-state index contributed by atoms with van der Waals surface area (Å²) in [6.45, 7) is 5.75. The molecule has 7 nitrogen and oxygen atoms in total. The fourth-order valence-corrected chi connectivity index (χ4v) is 5.80. The quantitative estimate of drug-likeness (QED) is 0.227. The Kier molecular flexibility index (Phi) is 10.8. The van der Waals surface area contributed by atoms with E-state index in [-0.39, 0.29) is 65.2 Å². The number of alkyl halides is 3. The SMILES string of the molecule is CC(C)(C)C(=O)NCc1cc(Cl)c(C(=O)Nc2ccc(N3CCC(C(F)(F)F)CC3)c(C(=O)Nc3ccc(Br)cc3)c2)c(Cl)c1. The maximum atomic E-state index is 13.5. The normalized spacial score (nSPS) is 14.2. The maximum absolute atomic E-state index is 13.5. The summed E-state index contributed by atoms with van der Waals surface area (Å²) in [6, 6.07) is 14.6. The van der Waals surface area contributed by atoms with Gasteiger partial charge in [0.05, 0.1) is 27.1 Å². The van der Waals surface area contributed by atoms with Gasteiger partial charge < -0.3 is 20.9 Å². The van der Waals surface area contributed by atoms with E-state index in [1.807, 2.05) is 0 Å². The number of carbonyl (C=O) groups is 3. The van der Waals surface area contributed by atoms with Crippen LogP contribution in [-0.2, 0) is 11.3 Å². The summed E-state index contributed by atoms with van der Waals surface area (Å²) in [4.78, 5) is 40.8. The average molecular weight is 728 g/mol. The molecule has 1 heterocycles. The van der Waals surface area contributed by atoms with Crippen LogP contribution in [0.2, 0.25) is 10.0 Å². The van der Waals surface area contributed by atoms with Gasteiger partial charge >= 0.3 is 6.18 Å². The zero-order valence-electron chi connectivity index (χ0n) is 24.7. The molecule has 240 valence electrons. The smallest absolute Gasteiger partial charge is 0.371 e. The molecule has 0 spiro atoms. The molecule has 1 saturated heterocycles. The van der Waals surface area contributed by atoms with Crippen LogP contribution in [0.5, 0.6) is 0 Å². The van der Waals surface area contributed by atoms with Crippen LogP contribution in [0.1, 0.15) is 59.9 Å². The second-order valence-corrected chi connectivity index (χ2v) is 13.5. The lowest BCUT2D eigenvalue weighted by molar-refractivity contribution is -0.179. The Morgan fingerprint density at radius 1 is 0.867 bits per heavy atom.